The van der Waals surface area contributed by atoms with Gasteiger partial charge in [-0.15, -0.1) is 0 Å². The topological polar surface area (TPSA) is 0 Å². The average Bonchev–Trinajstić information content (AvgIpc) is 2.21. The molecule has 0 fully saturated rings. The summed E-state index contributed by atoms with van der Waals surface area (Å²) in [6, 6.07) is 23.5. The van der Waals surface area contributed by atoms with Crippen LogP contribution in [0.2, 0.25) is 0 Å². The second-order valence-corrected chi connectivity index (χ2v) is 2.86. The van der Waals surface area contributed by atoms with Crippen LogP contribution >= 0.6 is 0 Å². The fraction of sp³-hybridized carbons (Fsp3) is 0.0769. The Morgan fingerprint density at radius 1 is 0.588 bits per heavy atom. The van der Waals surface area contributed by atoms with E-state index in [0.717, 1.165) is 6.42 Å². The first-order valence-corrected chi connectivity index (χ1v) is 4.17. The molecule has 0 unspecified atom stereocenters. The van der Waals surface area contributed by atoms with E-state index in [9.17, 15) is 0 Å². The quantitative estimate of drug-likeness (QED) is 0.327. The SMILES string of the molecule is [Li+].[Li+].[Li+].[Li+].[c-]1c[c-]cc(Cc2c[c-]c[c-]c2)c1. The first kappa shape index (κ1) is 23.0. The normalized spacial score (nSPS) is 7.53. The van der Waals surface area contributed by atoms with Crippen LogP contribution < -0.4 is 75.4 Å². The van der Waals surface area contributed by atoms with Gasteiger partial charge in [0.15, 0.2) is 0 Å². The zero-order valence-corrected chi connectivity index (χ0v) is 11.2. The Morgan fingerprint density at radius 3 is 1.18 bits per heavy atom. The molecule has 0 heterocycles. The summed E-state index contributed by atoms with van der Waals surface area (Å²) in [6.45, 7) is 0. The van der Waals surface area contributed by atoms with Gasteiger partial charge in [0.2, 0.25) is 0 Å². The van der Waals surface area contributed by atoms with Gasteiger partial charge in [0.05, 0.1) is 0 Å². The molecule has 0 atom stereocenters. The van der Waals surface area contributed by atoms with E-state index in [1.54, 1.807) is 12.1 Å². The summed E-state index contributed by atoms with van der Waals surface area (Å²) in [5, 5.41) is 0. The van der Waals surface area contributed by atoms with Crippen LogP contribution in [0.5, 0.6) is 0 Å². The van der Waals surface area contributed by atoms with E-state index in [0.29, 0.717) is 0 Å². The van der Waals surface area contributed by atoms with Crippen LogP contribution in [0.25, 0.3) is 0 Å². The Hall–Kier alpha value is 0.830. The molecule has 17 heavy (non-hydrogen) atoms. The minimum absolute atomic E-state index is 0. The van der Waals surface area contributed by atoms with Gasteiger partial charge < -0.3 is 36.4 Å². The molecule has 0 bridgehead atoms. The van der Waals surface area contributed by atoms with E-state index in [1.807, 2.05) is 24.3 Å². The zero-order valence-electron chi connectivity index (χ0n) is 11.2. The van der Waals surface area contributed by atoms with E-state index in [-0.39, 0.29) is 75.4 Å². The zero-order chi connectivity index (χ0) is 8.93. The van der Waals surface area contributed by atoms with Gasteiger partial charge in [-0.2, -0.15) is 6.42 Å². The minimum Gasteiger partial charge on any atom is -0.359 e. The summed E-state index contributed by atoms with van der Waals surface area (Å²) < 4.78 is 0. The van der Waals surface area contributed by atoms with Gasteiger partial charge in [0.25, 0.3) is 0 Å². The number of rotatable bonds is 2. The fourth-order valence-electron chi connectivity index (χ4n) is 1.21. The maximum absolute atomic E-state index is 3.01. The molecule has 0 aliphatic heterocycles. The third kappa shape index (κ3) is 8.53. The molecule has 0 nitrogen and oxygen atoms in total. The van der Waals surface area contributed by atoms with Gasteiger partial charge in [-0.1, -0.05) is 0 Å². The van der Waals surface area contributed by atoms with E-state index >= 15 is 0 Å². The number of hydrogen-bond donors (Lipinski definition) is 0. The molecule has 64 valence electrons. The van der Waals surface area contributed by atoms with Crippen molar-refractivity contribution in [3.63, 3.8) is 0 Å². The predicted octanol–water partition coefficient (Wildman–Crippen LogP) is -9.51. The van der Waals surface area contributed by atoms with Crippen molar-refractivity contribution in [2.45, 2.75) is 6.42 Å². The Balaban J connectivity index is -0.000000490. The molecule has 2 rings (SSSR count). The van der Waals surface area contributed by atoms with Gasteiger partial charge in [-0.3, -0.25) is 35.4 Å². The summed E-state index contributed by atoms with van der Waals surface area (Å²) in [6.07, 6.45) is 0.904. The van der Waals surface area contributed by atoms with Crippen LogP contribution in [0.15, 0.2) is 36.4 Å². The molecule has 4 heteroatoms. The van der Waals surface area contributed by atoms with Crippen molar-refractivity contribution in [2.75, 3.05) is 0 Å². The Bertz CT molecular complexity index is 324. The van der Waals surface area contributed by atoms with E-state index < -0.39 is 0 Å². The maximum atomic E-state index is 3.01. The van der Waals surface area contributed by atoms with Gasteiger partial charge in [0.1, 0.15) is 0 Å². The van der Waals surface area contributed by atoms with Crippen molar-refractivity contribution in [1.82, 2.24) is 0 Å². The minimum atomic E-state index is 0. The molecular weight excluding hydrogens is 184 g/mol. The van der Waals surface area contributed by atoms with Crippen LogP contribution in [-0.2, 0) is 6.42 Å². The van der Waals surface area contributed by atoms with Crippen LogP contribution in [-0.4, -0.2) is 0 Å². The molecule has 0 aliphatic carbocycles. The molecule has 0 spiro atoms. The summed E-state index contributed by atoms with van der Waals surface area (Å²) in [7, 11) is 0. The Kier molecular flexibility index (Phi) is 17.9. The number of benzene rings is 2. The molecular formula is C13H8Li4. The third-order valence-electron chi connectivity index (χ3n) is 1.82. The van der Waals surface area contributed by atoms with E-state index in [2.05, 4.69) is 24.3 Å². The molecule has 0 N–H and O–H groups in total. The van der Waals surface area contributed by atoms with Gasteiger partial charge in [-0.05, 0) is 0 Å². The number of hydrogen-bond acceptors (Lipinski definition) is 0. The smallest absolute Gasteiger partial charge is 0.359 e. The molecule has 0 aromatic heterocycles. The second kappa shape index (κ2) is 13.3. The summed E-state index contributed by atoms with van der Waals surface area (Å²) in [5.41, 5.74) is 2.44. The van der Waals surface area contributed by atoms with Crippen molar-refractivity contribution in [1.29, 1.82) is 0 Å². The van der Waals surface area contributed by atoms with Crippen molar-refractivity contribution in [2.24, 2.45) is 0 Å². The average molecular weight is 192 g/mol. The maximum Gasteiger partial charge on any atom is 1.00 e. The van der Waals surface area contributed by atoms with E-state index in [1.165, 1.54) is 11.1 Å². The van der Waals surface area contributed by atoms with Crippen molar-refractivity contribution >= 4 is 0 Å². The predicted molar refractivity (Wildman–Crippen MR) is 51.0 cm³/mol. The first-order valence-electron chi connectivity index (χ1n) is 4.17. The Morgan fingerprint density at radius 2 is 0.882 bits per heavy atom. The Labute approximate surface area is 152 Å². The van der Waals surface area contributed by atoms with Crippen molar-refractivity contribution < 1.29 is 75.4 Å². The standard InChI is InChI=1S/C13H8.4Li/c1-3-7-12(8-4-1)11-13-9-5-2-6-10-13;;;;/h1-2,7-10H,11H2;;;;/q-4;4*+1. The van der Waals surface area contributed by atoms with Gasteiger partial charge in [0, 0.05) is 0 Å². The first-order chi connectivity index (χ1) is 6.45. The summed E-state index contributed by atoms with van der Waals surface area (Å²) in [5.74, 6) is 0. The molecule has 2 aromatic rings. The second-order valence-electron chi connectivity index (χ2n) is 2.86. The molecule has 0 radical (unpaired) electrons. The summed E-state index contributed by atoms with van der Waals surface area (Å²) in [4.78, 5) is 0. The van der Waals surface area contributed by atoms with Crippen LogP contribution in [0.4, 0.5) is 0 Å². The van der Waals surface area contributed by atoms with Crippen molar-refractivity contribution in [3.05, 3.63) is 71.8 Å². The van der Waals surface area contributed by atoms with Crippen LogP contribution in [0.1, 0.15) is 11.1 Å². The third-order valence-corrected chi connectivity index (χ3v) is 1.82. The molecule has 0 amide bonds. The fourth-order valence-corrected chi connectivity index (χ4v) is 1.21. The molecule has 0 saturated heterocycles. The molecule has 2 aromatic carbocycles. The monoisotopic (exact) mass is 192 g/mol. The molecule has 0 aliphatic rings. The summed E-state index contributed by atoms with van der Waals surface area (Å²) >= 11 is 0. The molecule has 0 saturated carbocycles. The van der Waals surface area contributed by atoms with Crippen LogP contribution in [0, 0.1) is 24.3 Å². The van der Waals surface area contributed by atoms with Crippen molar-refractivity contribution in [3.8, 4) is 0 Å². The van der Waals surface area contributed by atoms with E-state index in [4.69, 9.17) is 0 Å². The van der Waals surface area contributed by atoms with Gasteiger partial charge in [-0.25, -0.2) is 0 Å². The van der Waals surface area contributed by atoms with Gasteiger partial charge >= 0.3 is 75.4 Å². The largest absolute Gasteiger partial charge is 1.00 e. The van der Waals surface area contributed by atoms with Crippen LogP contribution in [0.3, 0.4) is 0 Å².